The molecule has 3 atom stereocenters. The fraction of sp³-hybridized carbons (Fsp3) is 0.762. The smallest absolute Gasteiger partial charge is 0.410 e. The molecule has 13 heteroatoms. The quantitative estimate of drug-likeness (QED) is 0.661. The first-order valence-electron chi connectivity index (χ1n) is 11.2. The number of hydrogen-bond donors (Lipinski definition) is 2. The number of alkyl halides is 3. The zero-order valence-electron chi connectivity index (χ0n) is 19.3. The second-order valence-electron chi connectivity index (χ2n) is 10.4. The van der Waals surface area contributed by atoms with Crippen LogP contribution < -0.4 is 11.1 Å². The van der Waals surface area contributed by atoms with Gasteiger partial charge in [-0.05, 0) is 33.6 Å². The first-order valence-corrected chi connectivity index (χ1v) is 11.2. The zero-order chi connectivity index (χ0) is 24.9. The highest BCUT2D eigenvalue weighted by molar-refractivity contribution is 5.79. The Morgan fingerprint density at radius 3 is 2.65 bits per heavy atom. The monoisotopic (exact) mass is 486 g/mol. The second kappa shape index (κ2) is 8.51. The molecule has 3 N–H and O–H groups in total. The van der Waals surface area contributed by atoms with E-state index in [4.69, 9.17) is 15.2 Å². The molecule has 1 aromatic rings. The van der Waals surface area contributed by atoms with E-state index in [0.717, 1.165) is 0 Å². The van der Waals surface area contributed by atoms with Crippen molar-refractivity contribution in [3.05, 3.63) is 11.4 Å². The summed E-state index contributed by atoms with van der Waals surface area (Å²) in [5.74, 6) is -3.26. The molecule has 1 spiro atoms. The molecule has 3 fully saturated rings. The Hall–Kier alpha value is -2.70. The van der Waals surface area contributed by atoms with Gasteiger partial charge in [0.05, 0.1) is 37.0 Å². The van der Waals surface area contributed by atoms with Gasteiger partial charge in [0.25, 0.3) is 0 Å². The lowest BCUT2D eigenvalue weighted by molar-refractivity contribution is -0.183. The van der Waals surface area contributed by atoms with Crippen LogP contribution in [0.1, 0.15) is 50.9 Å². The number of amides is 2. The van der Waals surface area contributed by atoms with Crippen LogP contribution in [-0.4, -0.2) is 75.7 Å². The van der Waals surface area contributed by atoms with Crippen LogP contribution in [0.15, 0.2) is 0 Å². The van der Waals surface area contributed by atoms with E-state index in [1.165, 1.54) is 0 Å². The maximum atomic E-state index is 13.2. The first kappa shape index (κ1) is 24.4. The number of likely N-dealkylation sites (tertiary alicyclic amines) is 1. The number of nitrogens with zero attached hydrogens (tertiary/aromatic N) is 4. The number of carbonyl (C=O) groups excluding carboxylic acids is 2. The van der Waals surface area contributed by atoms with E-state index in [2.05, 4.69) is 20.5 Å². The van der Waals surface area contributed by atoms with E-state index in [9.17, 15) is 22.8 Å². The number of anilines is 1. The Morgan fingerprint density at radius 2 is 2.00 bits per heavy atom. The van der Waals surface area contributed by atoms with E-state index in [0.29, 0.717) is 30.9 Å². The lowest BCUT2D eigenvalue weighted by atomic mass is 9.83. The van der Waals surface area contributed by atoms with Crippen molar-refractivity contribution in [2.24, 2.45) is 11.8 Å². The summed E-state index contributed by atoms with van der Waals surface area (Å²) in [4.78, 5) is 30.4. The van der Waals surface area contributed by atoms with Crippen LogP contribution in [0.4, 0.5) is 23.9 Å². The van der Waals surface area contributed by atoms with E-state index < -0.39 is 47.8 Å². The van der Waals surface area contributed by atoms with Crippen LogP contribution in [0, 0.1) is 11.8 Å². The highest BCUT2D eigenvalue weighted by atomic mass is 19.4. The molecule has 34 heavy (non-hydrogen) atoms. The molecule has 0 bridgehead atoms. The molecule has 1 unspecified atom stereocenters. The molecule has 3 aliphatic heterocycles. The summed E-state index contributed by atoms with van der Waals surface area (Å²) in [6, 6.07) is 0. The Balaban J connectivity index is 1.44. The minimum absolute atomic E-state index is 0.0262. The number of hydrogen-bond acceptors (Lipinski definition) is 8. The molecule has 188 valence electrons. The Kier molecular flexibility index (Phi) is 6.11. The molecular formula is C21H29F3N6O4. The number of piperidine rings is 1. The molecule has 0 aliphatic carbocycles. The third-order valence-electron chi connectivity index (χ3n) is 6.37. The normalized spacial score (nSPS) is 26.8. The van der Waals surface area contributed by atoms with E-state index in [-0.39, 0.29) is 31.3 Å². The van der Waals surface area contributed by atoms with E-state index in [1.54, 1.807) is 25.7 Å². The number of halogens is 3. The average Bonchev–Trinajstić information content (AvgIpc) is 3.13. The number of ether oxygens (including phenoxy) is 2. The Bertz CT molecular complexity index is 961. The summed E-state index contributed by atoms with van der Waals surface area (Å²) < 4.78 is 51.0. The van der Waals surface area contributed by atoms with Crippen LogP contribution in [0.2, 0.25) is 0 Å². The van der Waals surface area contributed by atoms with Gasteiger partial charge in [-0.2, -0.15) is 13.2 Å². The minimum atomic E-state index is -4.39. The summed E-state index contributed by atoms with van der Waals surface area (Å²) >= 11 is 0. The third kappa shape index (κ3) is 5.18. The molecule has 4 heterocycles. The van der Waals surface area contributed by atoms with E-state index >= 15 is 0 Å². The molecule has 1 aromatic heterocycles. The van der Waals surface area contributed by atoms with Gasteiger partial charge in [0.2, 0.25) is 11.9 Å². The fourth-order valence-corrected chi connectivity index (χ4v) is 4.75. The summed E-state index contributed by atoms with van der Waals surface area (Å²) in [5, 5.41) is 10.2. The van der Waals surface area contributed by atoms with Gasteiger partial charge in [0.15, 0.2) is 0 Å². The maximum absolute atomic E-state index is 13.2. The molecular weight excluding hydrogens is 457 g/mol. The summed E-state index contributed by atoms with van der Waals surface area (Å²) in [6.45, 7) is 5.96. The van der Waals surface area contributed by atoms with Gasteiger partial charge in [0.1, 0.15) is 11.2 Å². The third-order valence-corrected chi connectivity index (χ3v) is 6.37. The van der Waals surface area contributed by atoms with Crippen LogP contribution >= 0.6 is 0 Å². The molecule has 10 nitrogen and oxygen atoms in total. The predicted octanol–water partition coefficient (Wildman–Crippen LogP) is 1.80. The van der Waals surface area contributed by atoms with Gasteiger partial charge in [0, 0.05) is 24.8 Å². The number of aromatic nitrogens is 3. The summed E-state index contributed by atoms with van der Waals surface area (Å²) in [6.07, 6.45) is -4.63. The number of nitrogen functional groups attached to an aromatic ring is 1. The van der Waals surface area contributed by atoms with Crippen molar-refractivity contribution in [2.45, 2.75) is 63.3 Å². The first-order chi connectivity index (χ1) is 15.7. The lowest BCUT2D eigenvalue weighted by Gasteiger charge is -2.46. The number of nitrogens with two attached hydrogens (primary N) is 1. The standard InChI is InChI=1S/C21H29F3N6O4/c1-19(2,3)34-18(32)30-9-20(10-30)6-12(8-33-20)15-14(28-29-17(25)27-15)5-11-4-13(21(22,23)24)7-26-16(11)31/h11-13H,4-10H2,1-3H3,(H,26,31)(H2,25,27,29)/t11-,12?,13-/m1/s1. The van der Waals surface area contributed by atoms with Gasteiger partial charge < -0.3 is 25.4 Å². The highest BCUT2D eigenvalue weighted by Crippen LogP contribution is 2.43. The number of carbonyl (C=O) groups is 2. The van der Waals surface area contributed by atoms with Crippen molar-refractivity contribution < 1.29 is 32.2 Å². The fourth-order valence-electron chi connectivity index (χ4n) is 4.75. The second-order valence-corrected chi connectivity index (χ2v) is 10.4. The van der Waals surface area contributed by atoms with Crippen molar-refractivity contribution in [1.82, 2.24) is 25.4 Å². The number of nitrogens with one attached hydrogen (secondary N) is 1. The SMILES string of the molecule is CC(C)(C)OC(=O)N1CC2(CC(c3nc(N)nnc3C[C@H]3C[C@@H](C(F)(F)F)CNC3=O)CO2)C1. The summed E-state index contributed by atoms with van der Waals surface area (Å²) in [7, 11) is 0. The molecule has 0 saturated carbocycles. The average molecular weight is 486 g/mol. The topological polar surface area (TPSA) is 133 Å². The van der Waals surface area contributed by atoms with Crippen molar-refractivity contribution in [2.75, 3.05) is 32.0 Å². The molecule has 0 radical (unpaired) electrons. The van der Waals surface area contributed by atoms with Crippen molar-refractivity contribution in [3.63, 3.8) is 0 Å². The maximum Gasteiger partial charge on any atom is 0.410 e. The molecule has 4 rings (SSSR count). The molecule has 0 aromatic carbocycles. The van der Waals surface area contributed by atoms with Gasteiger partial charge in [-0.1, -0.05) is 0 Å². The van der Waals surface area contributed by atoms with Gasteiger partial charge in [-0.3, -0.25) is 4.79 Å². The van der Waals surface area contributed by atoms with E-state index in [1.807, 2.05) is 0 Å². The lowest BCUT2D eigenvalue weighted by Crippen LogP contribution is -2.63. The van der Waals surface area contributed by atoms with Gasteiger partial charge in [-0.25, -0.2) is 9.78 Å². The summed E-state index contributed by atoms with van der Waals surface area (Å²) in [5.41, 5.74) is 5.40. The Morgan fingerprint density at radius 1 is 1.29 bits per heavy atom. The largest absolute Gasteiger partial charge is 0.444 e. The van der Waals surface area contributed by atoms with Gasteiger partial charge >= 0.3 is 12.3 Å². The number of rotatable bonds is 3. The Labute approximate surface area is 194 Å². The van der Waals surface area contributed by atoms with Crippen LogP contribution in [0.25, 0.3) is 0 Å². The van der Waals surface area contributed by atoms with Crippen LogP contribution in [-0.2, 0) is 20.7 Å². The highest BCUT2D eigenvalue weighted by Gasteiger charge is 2.53. The van der Waals surface area contributed by atoms with Crippen molar-refractivity contribution >= 4 is 17.9 Å². The van der Waals surface area contributed by atoms with Crippen LogP contribution in [0.3, 0.4) is 0 Å². The zero-order valence-corrected chi connectivity index (χ0v) is 19.3. The predicted molar refractivity (Wildman–Crippen MR) is 112 cm³/mol. The van der Waals surface area contributed by atoms with Crippen LogP contribution in [0.5, 0.6) is 0 Å². The molecule has 2 amide bonds. The van der Waals surface area contributed by atoms with Crippen molar-refractivity contribution in [3.8, 4) is 0 Å². The molecule has 3 aliphatic rings. The minimum Gasteiger partial charge on any atom is -0.444 e. The van der Waals surface area contributed by atoms with Crippen molar-refractivity contribution in [1.29, 1.82) is 0 Å². The molecule has 3 saturated heterocycles. The van der Waals surface area contributed by atoms with Gasteiger partial charge in [-0.15, -0.1) is 10.2 Å².